The van der Waals surface area contributed by atoms with Gasteiger partial charge in [0.05, 0.1) is 5.56 Å². The largest absolute Gasteiger partial charge is 0.460 e. The van der Waals surface area contributed by atoms with Gasteiger partial charge in [-0.1, -0.05) is 5.92 Å². The van der Waals surface area contributed by atoms with Gasteiger partial charge in [0.15, 0.2) is 11.3 Å². The molecule has 5 nitrogen and oxygen atoms in total. The predicted octanol–water partition coefficient (Wildman–Crippen LogP) is 1.63. The van der Waals surface area contributed by atoms with Gasteiger partial charge in [0.25, 0.3) is 5.91 Å². The minimum Gasteiger partial charge on any atom is -0.460 e. The molecule has 112 valence electrons. The van der Waals surface area contributed by atoms with Crippen LogP contribution in [0.3, 0.4) is 0 Å². The summed E-state index contributed by atoms with van der Waals surface area (Å²) >= 11 is 0. The fraction of sp³-hybridized carbons (Fsp3) is 0.412. The molecule has 2 aromatic heterocycles. The van der Waals surface area contributed by atoms with Gasteiger partial charge >= 0.3 is 0 Å². The van der Waals surface area contributed by atoms with Crippen molar-refractivity contribution in [3.8, 4) is 12.3 Å². The Hall–Kier alpha value is -2.32. The summed E-state index contributed by atoms with van der Waals surface area (Å²) in [5.41, 5.74) is 1.43. The molecule has 2 bridgehead atoms. The summed E-state index contributed by atoms with van der Waals surface area (Å²) < 4.78 is 5.47. The Morgan fingerprint density at radius 3 is 2.95 bits per heavy atom. The van der Waals surface area contributed by atoms with Crippen molar-refractivity contribution >= 4 is 16.9 Å². The number of carbonyl (C=O) groups excluding carboxylic acids is 1. The summed E-state index contributed by atoms with van der Waals surface area (Å²) in [7, 11) is 0. The van der Waals surface area contributed by atoms with Gasteiger partial charge in [-0.15, -0.1) is 6.42 Å². The van der Waals surface area contributed by atoms with E-state index in [0.29, 0.717) is 22.8 Å². The summed E-state index contributed by atoms with van der Waals surface area (Å²) in [5.74, 6) is 2.96. The predicted molar refractivity (Wildman–Crippen MR) is 82.4 cm³/mol. The number of pyridine rings is 1. The second-order valence-electron chi connectivity index (χ2n) is 6.05. The highest BCUT2D eigenvalue weighted by atomic mass is 16.3. The second-order valence-corrected chi connectivity index (χ2v) is 6.05. The number of nitrogens with zero attached hydrogens (tertiary/aromatic N) is 2. The van der Waals surface area contributed by atoms with Crippen molar-refractivity contribution in [1.29, 1.82) is 0 Å². The number of aromatic nitrogens is 1. The Morgan fingerprint density at radius 2 is 2.27 bits per heavy atom. The average Bonchev–Trinajstić information content (AvgIpc) is 2.99. The number of amides is 1. The molecule has 5 heteroatoms. The van der Waals surface area contributed by atoms with Gasteiger partial charge in [-0.3, -0.25) is 4.79 Å². The van der Waals surface area contributed by atoms with Crippen molar-refractivity contribution in [2.45, 2.75) is 18.9 Å². The van der Waals surface area contributed by atoms with E-state index in [2.05, 4.69) is 21.1 Å². The summed E-state index contributed by atoms with van der Waals surface area (Å²) in [6.45, 7) is 3.23. The Bertz CT molecular complexity index is 766. The number of nitrogens with one attached hydrogen (secondary N) is 1. The van der Waals surface area contributed by atoms with Crippen molar-refractivity contribution in [2.24, 2.45) is 5.92 Å². The molecule has 3 aliphatic rings. The highest BCUT2D eigenvalue weighted by Crippen LogP contribution is 2.28. The van der Waals surface area contributed by atoms with E-state index < -0.39 is 0 Å². The van der Waals surface area contributed by atoms with Crippen LogP contribution < -0.4 is 5.32 Å². The standard InChI is InChI=1S/C17H17N3O2/c1-2-11-10-22-16-13(11)3-6-18-15(16)17(21)19-14-9-20-7-4-12(14)5-8-20/h1,3,6,10,12,14H,4-5,7-9H2,(H,19,21)/t14-/m0/s1. The zero-order valence-electron chi connectivity index (χ0n) is 12.2. The first kappa shape index (κ1) is 13.4. The fourth-order valence-corrected chi connectivity index (χ4v) is 3.60. The van der Waals surface area contributed by atoms with Crippen molar-refractivity contribution in [2.75, 3.05) is 19.6 Å². The van der Waals surface area contributed by atoms with Gasteiger partial charge in [0, 0.05) is 24.2 Å². The number of rotatable bonds is 2. The van der Waals surface area contributed by atoms with Crippen LogP contribution in [0.2, 0.25) is 0 Å². The summed E-state index contributed by atoms with van der Waals surface area (Å²) in [5, 5.41) is 3.89. The monoisotopic (exact) mass is 295 g/mol. The molecular weight excluding hydrogens is 278 g/mol. The fourth-order valence-electron chi connectivity index (χ4n) is 3.60. The van der Waals surface area contributed by atoms with E-state index in [1.54, 1.807) is 12.3 Å². The first-order valence-electron chi connectivity index (χ1n) is 7.62. The van der Waals surface area contributed by atoms with Gasteiger partial charge in [-0.25, -0.2) is 4.98 Å². The van der Waals surface area contributed by atoms with Crippen molar-refractivity contribution in [3.05, 3.63) is 29.8 Å². The molecule has 5 heterocycles. The Morgan fingerprint density at radius 1 is 1.45 bits per heavy atom. The average molecular weight is 295 g/mol. The van der Waals surface area contributed by atoms with E-state index in [0.717, 1.165) is 37.9 Å². The van der Waals surface area contributed by atoms with Crippen LogP contribution in [0.25, 0.3) is 11.0 Å². The first-order valence-corrected chi connectivity index (χ1v) is 7.62. The van der Waals surface area contributed by atoms with Crippen LogP contribution in [-0.2, 0) is 0 Å². The summed E-state index contributed by atoms with van der Waals surface area (Å²) in [4.78, 5) is 19.2. The number of fused-ring (bicyclic) bond motifs is 4. The molecule has 3 aliphatic heterocycles. The zero-order valence-corrected chi connectivity index (χ0v) is 12.2. The molecule has 2 aromatic rings. The lowest BCUT2D eigenvalue weighted by molar-refractivity contribution is 0.0618. The van der Waals surface area contributed by atoms with Gasteiger partial charge in [0.1, 0.15) is 6.26 Å². The molecule has 1 amide bonds. The van der Waals surface area contributed by atoms with Crippen LogP contribution in [0.4, 0.5) is 0 Å². The van der Waals surface area contributed by atoms with E-state index in [-0.39, 0.29) is 11.9 Å². The van der Waals surface area contributed by atoms with Gasteiger partial charge in [-0.05, 0) is 37.9 Å². The molecule has 0 spiro atoms. The number of hydrogen-bond acceptors (Lipinski definition) is 4. The smallest absolute Gasteiger partial charge is 0.274 e. The van der Waals surface area contributed by atoms with Gasteiger partial charge in [-0.2, -0.15) is 0 Å². The van der Waals surface area contributed by atoms with Crippen molar-refractivity contribution in [1.82, 2.24) is 15.2 Å². The molecule has 3 fully saturated rings. The topological polar surface area (TPSA) is 58.4 Å². The molecule has 22 heavy (non-hydrogen) atoms. The van der Waals surface area contributed by atoms with E-state index >= 15 is 0 Å². The highest BCUT2D eigenvalue weighted by molar-refractivity contribution is 6.04. The maximum Gasteiger partial charge on any atom is 0.274 e. The van der Waals surface area contributed by atoms with Crippen molar-refractivity contribution in [3.63, 3.8) is 0 Å². The van der Waals surface area contributed by atoms with E-state index in [4.69, 9.17) is 10.8 Å². The van der Waals surface area contributed by atoms with Crippen LogP contribution in [0, 0.1) is 18.3 Å². The third-order valence-electron chi connectivity index (χ3n) is 4.83. The van der Waals surface area contributed by atoms with E-state index in [9.17, 15) is 4.79 Å². The third-order valence-corrected chi connectivity index (χ3v) is 4.83. The van der Waals surface area contributed by atoms with Crippen molar-refractivity contribution < 1.29 is 9.21 Å². The molecule has 3 saturated heterocycles. The highest BCUT2D eigenvalue weighted by Gasteiger charge is 2.35. The number of piperidine rings is 3. The molecule has 0 saturated carbocycles. The Labute approximate surface area is 128 Å². The molecule has 0 unspecified atom stereocenters. The minimum absolute atomic E-state index is 0.178. The van der Waals surface area contributed by atoms with Crippen LogP contribution in [0.5, 0.6) is 0 Å². The maximum absolute atomic E-state index is 12.6. The minimum atomic E-state index is -0.178. The SMILES string of the molecule is C#Cc1coc2c(C(=O)N[C@H]3CN4CCC3CC4)nccc12. The number of hydrogen-bond donors (Lipinski definition) is 1. The molecule has 5 rings (SSSR count). The molecule has 0 aromatic carbocycles. The van der Waals surface area contributed by atoms with Gasteiger partial charge in [0.2, 0.25) is 0 Å². The summed E-state index contributed by atoms with van der Waals surface area (Å²) in [6.07, 6.45) is 10.9. The second kappa shape index (κ2) is 5.15. The van der Waals surface area contributed by atoms with Crippen LogP contribution in [0.1, 0.15) is 28.9 Å². The first-order chi connectivity index (χ1) is 10.8. The van der Waals surface area contributed by atoms with Gasteiger partial charge < -0.3 is 14.6 Å². The molecule has 0 aliphatic carbocycles. The maximum atomic E-state index is 12.6. The molecule has 1 atom stereocenters. The Kier molecular flexibility index (Phi) is 3.12. The lowest BCUT2D eigenvalue weighted by atomic mass is 9.84. The number of carbonyl (C=O) groups is 1. The normalized spacial score (nSPS) is 26.8. The van der Waals surface area contributed by atoms with Crippen LogP contribution in [-0.4, -0.2) is 41.5 Å². The zero-order chi connectivity index (χ0) is 15.1. The lowest BCUT2D eigenvalue weighted by Crippen LogP contribution is -2.57. The van der Waals surface area contributed by atoms with Crippen LogP contribution in [0.15, 0.2) is 22.9 Å². The number of terminal acetylenes is 1. The lowest BCUT2D eigenvalue weighted by Gasteiger charge is -2.44. The van der Waals surface area contributed by atoms with Crippen LogP contribution >= 0.6 is 0 Å². The quantitative estimate of drug-likeness (QED) is 0.856. The molecular formula is C17H17N3O2. The third kappa shape index (κ3) is 2.08. The number of furan rings is 1. The summed E-state index contributed by atoms with van der Waals surface area (Å²) in [6, 6.07) is 1.98. The van der Waals surface area contributed by atoms with E-state index in [1.807, 2.05) is 0 Å². The van der Waals surface area contributed by atoms with E-state index in [1.165, 1.54) is 6.26 Å². The molecule has 0 radical (unpaired) electrons. The Balaban J connectivity index is 1.61. The molecule has 1 N–H and O–H groups in total.